The number of ether oxygens (including phenoxy) is 1. The molecular formula is C11H14BrNO3. The lowest BCUT2D eigenvalue weighted by atomic mass is 9.96. The van der Waals surface area contributed by atoms with Gasteiger partial charge in [0.2, 0.25) is 0 Å². The largest absolute Gasteiger partial charge is 0.496 e. The van der Waals surface area contributed by atoms with Gasteiger partial charge in [-0.05, 0) is 34.1 Å². The Kier molecular flexibility index (Phi) is 4.76. The van der Waals surface area contributed by atoms with Crippen LogP contribution in [0.1, 0.15) is 17.9 Å². The van der Waals surface area contributed by atoms with Crippen molar-refractivity contribution < 1.29 is 14.6 Å². The molecule has 1 unspecified atom stereocenters. The molecule has 1 rings (SSSR count). The van der Waals surface area contributed by atoms with E-state index in [2.05, 4.69) is 15.9 Å². The lowest BCUT2D eigenvalue weighted by Crippen LogP contribution is -2.16. The van der Waals surface area contributed by atoms with Crippen LogP contribution in [0.3, 0.4) is 0 Å². The van der Waals surface area contributed by atoms with E-state index < -0.39 is 5.97 Å². The van der Waals surface area contributed by atoms with Crippen molar-refractivity contribution in [3.63, 3.8) is 0 Å². The number of benzene rings is 1. The third-order valence-corrected chi connectivity index (χ3v) is 3.21. The molecule has 0 saturated carbocycles. The summed E-state index contributed by atoms with van der Waals surface area (Å²) in [5, 5.41) is 8.79. The molecule has 0 bridgehead atoms. The lowest BCUT2D eigenvalue weighted by molar-refractivity contribution is -0.137. The number of methoxy groups -OCH3 is 1. The maximum Gasteiger partial charge on any atom is 0.304 e. The number of aliphatic carboxylic acids is 1. The van der Waals surface area contributed by atoms with Crippen LogP contribution in [0.15, 0.2) is 22.7 Å². The maximum absolute atomic E-state index is 10.7. The van der Waals surface area contributed by atoms with Gasteiger partial charge in [0, 0.05) is 5.92 Å². The monoisotopic (exact) mass is 287 g/mol. The predicted molar refractivity (Wildman–Crippen MR) is 64.7 cm³/mol. The van der Waals surface area contributed by atoms with E-state index in [1.165, 1.54) is 0 Å². The van der Waals surface area contributed by atoms with Crippen molar-refractivity contribution in [2.45, 2.75) is 12.3 Å². The highest BCUT2D eigenvalue weighted by atomic mass is 79.9. The van der Waals surface area contributed by atoms with Crippen molar-refractivity contribution in [3.8, 4) is 5.75 Å². The fourth-order valence-corrected chi connectivity index (χ4v) is 2.28. The molecule has 0 amide bonds. The van der Waals surface area contributed by atoms with Crippen molar-refractivity contribution in [3.05, 3.63) is 28.2 Å². The van der Waals surface area contributed by atoms with Gasteiger partial charge in [0.15, 0.2) is 0 Å². The smallest absolute Gasteiger partial charge is 0.304 e. The Labute approximate surface area is 103 Å². The predicted octanol–water partition coefficient (Wildman–Crippen LogP) is 1.97. The number of hydrogen-bond donors (Lipinski definition) is 2. The van der Waals surface area contributed by atoms with Crippen molar-refractivity contribution in [2.75, 3.05) is 13.7 Å². The van der Waals surface area contributed by atoms with Crippen molar-refractivity contribution in [1.82, 2.24) is 0 Å². The quantitative estimate of drug-likeness (QED) is 0.869. The summed E-state index contributed by atoms with van der Waals surface area (Å²) in [7, 11) is 1.57. The van der Waals surface area contributed by atoms with Gasteiger partial charge < -0.3 is 15.6 Å². The number of carbonyl (C=O) groups is 1. The van der Waals surface area contributed by atoms with Gasteiger partial charge >= 0.3 is 5.97 Å². The molecule has 0 spiro atoms. The van der Waals surface area contributed by atoms with Gasteiger partial charge in [-0.25, -0.2) is 0 Å². The first-order chi connectivity index (χ1) is 7.60. The Bertz CT molecular complexity index is 381. The van der Waals surface area contributed by atoms with Crippen LogP contribution in [-0.2, 0) is 4.79 Å². The summed E-state index contributed by atoms with van der Waals surface area (Å²) >= 11 is 3.40. The summed E-state index contributed by atoms with van der Waals surface area (Å²) in [5.74, 6) is -0.381. The first kappa shape index (κ1) is 13.0. The number of halogens is 1. The van der Waals surface area contributed by atoms with Gasteiger partial charge in [-0.15, -0.1) is 0 Å². The van der Waals surface area contributed by atoms with Crippen LogP contribution in [0, 0.1) is 0 Å². The summed E-state index contributed by atoms with van der Waals surface area (Å²) in [6, 6.07) is 5.48. The lowest BCUT2D eigenvalue weighted by Gasteiger charge is -2.16. The van der Waals surface area contributed by atoms with Crippen LogP contribution in [-0.4, -0.2) is 24.7 Å². The maximum atomic E-state index is 10.7. The molecule has 0 heterocycles. The molecule has 1 aromatic rings. The molecule has 5 heteroatoms. The Morgan fingerprint density at radius 3 is 2.81 bits per heavy atom. The van der Waals surface area contributed by atoms with E-state index in [0.29, 0.717) is 5.75 Å². The Hall–Kier alpha value is -1.07. The SMILES string of the molecule is COc1cccc(C(CN)CC(=O)O)c1Br. The molecule has 4 nitrogen and oxygen atoms in total. The van der Waals surface area contributed by atoms with Gasteiger partial charge in [-0.3, -0.25) is 4.79 Å². The summed E-state index contributed by atoms with van der Waals surface area (Å²) in [6.45, 7) is 0.290. The average molecular weight is 288 g/mol. The molecule has 0 radical (unpaired) electrons. The van der Waals surface area contributed by atoms with Gasteiger partial charge in [0.05, 0.1) is 18.0 Å². The standard InChI is InChI=1S/C11H14BrNO3/c1-16-9-4-2-3-8(11(9)12)7(6-13)5-10(14)15/h2-4,7H,5-6,13H2,1H3,(H,14,15). The van der Waals surface area contributed by atoms with Crippen LogP contribution >= 0.6 is 15.9 Å². The third kappa shape index (κ3) is 2.96. The molecule has 1 aromatic carbocycles. The number of carboxylic acids is 1. The summed E-state index contributed by atoms with van der Waals surface area (Å²) in [5.41, 5.74) is 6.45. The van der Waals surface area contributed by atoms with Crippen molar-refractivity contribution >= 4 is 21.9 Å². The fraction of sp³-hybridized carbons (Fsp3) is 0.364. The third-order valence-electron chi connectivity index (χ3n) is 2.36. The van der Waals surface area contributed by atoms with E-state index in [4.69, 9.17) is 15.6 Å². The van der Waals surface area contributed by atoms with Gasteiger partial charge in [-0.2, -0.15) is 0 Å². The Morgan fingerprint density at radius 1 is 1.62 bits per heavy atom. The molecule has 1 atom stereocenters. The van der Waals surface area contributed by atoms with Gasteiger partial charge in [0.1, 0.15) is 5.75 Å². The molecule has 0 saturated heterocycles. The van der Waals surface area contributed by atoms with E-state index in [9.17, 15) is 4.79 Å². The molecule has 0 aliphatic carbocycles. The van der Waals surface area contributed by atoms with E-state index >= 15 is 0 Å². The van der Waals surface area contributed by atoms with Crippen LogP contribution in [0.4, 0.5) is 0 Å². The van der Waals surface area contributed by atoms with E-state index in [0.717, 1.165) is 10.0 Å². The molecule has 0 aliphatic heterocycles. The molecule has 0 fully saturated rings. The Morgan fingerprint density at radius 2 is 2.31 bits per heavy atom. The first-order valence-corrected chi connectivity index (χ1v) is 5.63. The zero-order valence-corrected chi connectivity index (χ0v) is 10.5. The average Bonchev–Trinajstić information content (AvgIpc) is 2.26. The highest BCUT2D eigenvalue weighted by molar-refractivity contribution is 9.10. The molecule has 0 aromatic heterocycles. The molecule has 3 N–H and O–H groups in total. The number of rotatable bonds is 5. The second kappa shape index (κ2) is 5.86. The van der Waals surface area contributed by atoms with E-state index in [-0.39, 0.29) is 18.9 Å². The normalized spacial score (nSPS) is 12.2. The molecular weight excluding hydrogens is 274 g/mol. The second-order valence-electron chi connectivity index (χ2n) is 3.39. The minimum absolute atomic E-state index is 0.0161. The molecule has 0 aliphatic rings. The second-order valence-corrected chi connectivity index (χ2v) is 4.19. The van der Waals surface area contributed by atoms with Crippen LogP contribution in [0.25, 0.3) is 0 Å². The van der Waals surface area contributed by atoms with E-state index in [1.54, 1.807) is 7.11 Å². The van der Waals surface area contributed by atoms with Gasteiger partial charge in [0.25, 0.3) is 0 Å². The summed E-state index contributed by atoms with van der Waals surface area (Å²) < 4.78 is 5.92. The van der Waals surface area contributed by atoms with Crippen LogP contribution < -0.4 is 10.5 Å². The highest BCUT2D eigenvalue weighted by Gasteiger charge is 2.18. The summed E-state index contributed by atoms with van der Waals surface area (Å²) in [6.07, 6.45) is 0.0161. The molecule has 16 heavy (non-hydrogen) atoms. The number of carboxylic acid groups (broad SMARTS) is 1. The minimum atomic E-state index is -0.856. The zero-order valence-electron chi connectivity index (χ0n) is 8.94. The highest BCUT2D eigenvalue weighted by Crippen LogP contribution is 2.33. The fourth-order valence-electron chi connectivity index (χ4n) is 1.53. The summed E-state index contributed by atoms with van der Waals surface area (Å²) in [4.78, 5) is 10.7. The van der Waals surface area contributed by atoms with Crippen molar-refractivity contribution in [2.24, 2.45) is 5.73 Å². The zero-order chi connectivity index (χ0) is 12.1. The van der Waals surface area contributed by atoms with Crippen LogP contribution in [0.5, 0.6) is 5.75 Å². The van der Waals surface area contributed by atoms with Crippen molar-refractivity contribution in [1.29, 1.82) is 0 Å². The van der Waals surface area contributed by atoms with Crippen LogP contribution in [0.2, 0.25) is 0 Å². The first-order valence-electron chi connectivity index (χ1n) is 4.84. The molecule has 88 valence electrons. The topological polar surface area (TPSA) is 72.5 Å². The minimum Gasteiger partial charge on any atom is -0.496 e. The van der Waals surface area contributed by atoms with Gasteiger partial charge in [-0.1, -0.05) is 12.1 Å². The Balaban J connectivity index is 3.04. The van der Waals surface area contributed by atoms with E-state index in [1.807, 2.05) is 18.2 Å². The number of nitrogens with two attached hydrogens (primary N) is 1. The number of hydrogen-bond acceptors (Lipinski definition) is 3.